The van der Waals surface area contributed by atoms with Crippen LogP contribution in [0.15, 0.2) is 78.9 Å². The van der Waals surface area contributed by atoms with Crippen molar-refractivity contribution < 1.29 is 22.8 Å². The number of aryl methyl sites for hydroxylation is 1. The summed E-state index contributed by atoms with van der Waals surface area (Å²) in [6.45, 7) is 1.86. The zero-order valence-corrected chi connectivity index (χ0v) is 16.0. The lowest BCUT2D eigenvalue weighted by Crippen LogP contribution is -2.46. The van der Waals surface area contributed by atoms with Crippen LogP contribution in [0.25, 0.3) is 0 Å². The Morgan fingerprint density at radius 2 is 1.40 bits per heavy atom. The second-order valence-electron chi connectivity index (χ2n) is 6.69. The van der Waals surface area contributed by atoms with Gasteiger partial charge >= 0.3 is 6.18 Å². The van der Waals surface area contributed by atoms with E-state index in [9.17, 15) is 22.8 Å². The fourth-order valence-corrected chi connectivity index (χ4v) is 2.87. The van der Waals surface area contributed by atoms with Crippen molar-refractivity contribution in [3.8, 4) is 0 Å². The molecular weight excluding hydrogens is 393 g/mol. The SMILES string of the molecule is Cc1ccc(C(=O)NC(Nc2ccccc2C(F)(F)F)C(=O)c2ccccc2)cc1. The van der Waals surface area contributed by atoms with Gasteiger partial charge < -0.3 is 10.6 Å². The van der Waals surface area contributed by atoms with Crippen molar-refractivity contribution in [2.75, 3.05) is 5.32 Å². The molecule has 3 rings (SSSR count). The molecule has 2 N–H and O–H groups in total. The molecule has 0 heterocycles. The normalized spacial score (nSPS) is 12.1. The minimum Gasteiger partial charge on any atom is -0.358 e. The van der Waals surface area contributed by atoms with Crippen LogP contribution in [-0.4, -0.2) is 17.9 Å². The number of nitrogens with one attached hydrogen (secondary N) is 2. The van der Waals surface area contributed by atoms with Gasteiger partial charge in [0.25, 0.3) is 5.91 Å². The van der Waals surface area contributed by atoms with Crippen molar-refractivity contribution in [1.29, 1.82) is 0 Å². The molecule has 0 aliphatic carbocycles. The molecule has 0 saturated heterocycles. The Morgan fingerprint density at radius 1 is 0.800 bits per heavy atom. The Morgan fingerprint density at radius 3 is 2.03 bits per heavy atom. The first kappa shape index (κ1) is 21.1. The summed E-state index contributed by atoms with van der Waals surface area (Å²) in [6, 6.07) is 19.5. The quantitative estimate of drug-likeness (QED) is 0.439. The van der Waals surface area contributed by atoms with Crippen molar-refractivity contribution in [2.45, 2.75) is 19.3 Å². The zero-order valence-electron chi connectivity index (χ0n) is 16.0. The number of carbonyl (C=O) groups excluding carboxylic acids is 2. The molecule has 1 atom stereocenters. The molecule has 0 fully saturated rings. The van der Waals surface area contributed by atoms with E-state index in [1.807, 2.05) is 6.92 Å². The maximum atomic E-state index is 13.4. The lowest BCUT2D eigenvalue weighted by molar-refractivity contribution is -0.137. The maximum Gasteiger partial charge on any atom is 0.418 e. The van der Waals surface area contributed by atoms with E-state index in [0.717, 1.165) is 11.6 Å². The van der Waals surface area contributed by atoms with Gasteiger partial charge in [-0.15, -0.1) is 0 Å². The summed E-state index contributed by atoms with van der Waals surface area (Å²) in [6.07, 6.45) is -6.02. The molecule has 1 unspecified atom stereocenters. The van der Waals surface area contributed by atoms with Gasteiger partial charge in [0, 0.05) is 16.8 Å². The van der Waals surface area contributed by atoms with Crippen molar-refractivity contribution >= 4 is 17.4 Å². The number of anilines is 1. The summed E-state index contributed by atoms with van der Waals surface area (Å²) in [5, 5.41) is 5.07. The van der Waals surface area contributed by atoms with Crippen LogP contribution in [0.4, 0.5) is 18.9 Å². The average molecular weight is 412 g/mol. The largest absolute Gasteiger partial charge is 0.418 e. The highest BCUT2D eigenvalue weighted by molar-refractivity contribution is 6.05. The minimum atomic E-state index is -4.62. The number of benzene rings is 3. The highest BCUT2D eigenvalue weighted by Gasteiger charge is 2.34. The van der Waals surface area contributed by atoms with E-state index in [-0.39, 0.29) is 16.8 Å². The highest BCUT2D eigenvalue weighted by Crippen LogP contribution is 2.34. The standard InChI is InChI=1S/C23H19F3N2O2/c1-15-11-13-17(14-12-15)22(30)28-21(20(29)16-7-3-2-4-8-16)27-19-10-6-5-9-18(19)23(24,25)26/h2-14,21,27H,1H3,(H,28,30). The van der Waals surface area contributed by atoms with E-state index >= 15 is 0 Å². The van der Waals surface area contributed by atoms with Gasteiger partial charge in [0.2, 0.25) is 5.78 Å². The number of alkyl halides is 3. The summed E-state index contributed by atoms with van der Waals surface area (Å²) in [5.74, 6) is -1.14. The first-order valence-corrected chi connectivity index (χ1v) is 9.15. The molecule has 0 aliphatic rings. The summed E-state index contributed by atoms with van der Waals surface area (Å²) in [7, 11) is 0. The van der Waals surface area contributed by atoms with Crippen molar-refractivity contribution in [3.05, 3.63) is 101 Å². The van der Waals surface area contributed by atoms with E-state index in [1.165, 1.54) is 30.3 Å². The summed E-state index contributed by atoms with van der Waals surface area (Å²) >= 11 is 0. The molecule has 3 aromatic carbocycles. The smallest absolute Gasteiger partial charge is 0.358 e. The number of hydrogen-bond donors (Lipinski definition) is 2. The second-order valence-corrected chi connectivity index (χ2v) is 6.69. The number of amides is 1. The number of ketones is 1. The van der Waals surface area contributed by atoms with Crippen LogP contribution >= 0.6 is 0 Å². The number of hydrogen-bond acceptors (Lipinski definition) is 3. The molecule has 154 valence electrons. The fourth-order valence-electron chi connectivity index (χ4n) is 2.87. The number of halogens is 3. The number of rotatable bonds is 6. The van der Waals surface area contributed by atoms with Crippen molar-refractivity contribution in [1.82, 2.24) is 5.32 Å². The Bertz CT molecular complexity index is 1030. The lowest BCUT2D eigenvalue weighted by Gasteiger charge is -2.23. The van der Waals surface area contributed by atoms with Gasteiger partial charge in [-0.25, -0.2) is 0 Å². The minimum absolute atomic E-state index is 0.253. The molecule has 0 aliphatic heterocycles. The second kappa shape index (κ2) is 8.82. The van der Waals surface area contributed by atoms with Crippen LogP contribution in [0.2, 0.25) is 0 Å². The molecule has 4 nitrogen and oxygen atoms in total. The maximum absolute atomic E-state index is 13.4. The molecular formula is C23H19F3N2O2. The van der Waals surface area contributed by atoms with Gasteiger partial charge in [0.15, 0.2) is 6.17 Å². The van der Waals surface area contributed by atoms with Crippen molar-refractivity contribution in [3.63, 3.8) is 0 Å². The molecule has 0 saturated carbocycles. The molecule has 1 amide bonds. The van der Waals surface area contributed by atoms with E-state index in [2.05, 4.69) is 10.6 Å². The molecule has 0 radical (unpaired) electrons. The van der Waals surface area contributed by atoms with Gasteiger partial charge in [0.1, 0.15) is 0 Å². The van der Waals surface area contributed by atoms with E-state index < -0.39 is 29.6 Å². The molecule has 7 heteroatoms. The molecule has 30 heavy (non-hydrogen) atoms. The molecule has 3 aromatic rings. The Labute approximate surface area is 171 Å². The van der Waals surface area contributed by atoms with Gasteiger partial charge in [-0.2, -0.15) is 13.2 Å². The van der Waals surface area contributed by atoms with Gasteiger partial charge in [-0.1, -0.05) is 60.2 Å². The van der Waals surface area contributed by atoms with Gasteiger partial charge in [-0.3, -0.25) is 9.59 Å². The Balaban J connectivity index is 1.93. The van der Waals surface area contributed by atoms with Crippen LogP contribution in [0.5, 0.6) is 0 Å². The first-order valence-electron chi connectivity index (χ1n) is 9.15. The topological polar surface area (TPSA) is 58.2 Å². The van der Waals surface area contributed by atoms with Crippen LogP contribution < -0.4 is 10.6 Å². The first-order chi connectivity index (χ1) is 14.3. The monoisotopic (exact) mass is 412 g/mol. The number of carbonyl (C=O) groups is 2. The summed E-state index contributed by atoms with van der Waals surface area (Å²) in [5.41, 5.74) is 0.255. The van der Waals surface area contributed by atoms with Crippen molar-refractivity contribution in [2.24, 2.45) is 0 Å². The third kappa shape index (κ3) is 5.05. The third-order valence-electron chi connectivity index (χ3n) is 4.44. The summed E-state index contributed by atoms with van der Waals surface area (Å²) < 4.78 is 40.1. The average Bonchev–Trinajstić information content (AvgIpc) is 2.73. The van der Waals surface area contributed by atoms with Gasteiger partial charge in [0.05, 0.1) is 5.56 Å². The molecule has 0 aromatic heterocycles. The zero-order chi connectivity index (χ0) is 21.7. The Hall–Kier alpha value is -3.61. The van der Waals surface area contributed by atoms with Crippen LogP contribution in [-0.2, 0) is 6.18 Å². The number of para-hydroxylation sites is 1. The Kier molecular flexibility index (Phi) is 6.20. The van der Waals surface area contributed by atoms with Crippen LogP contribution in [0, 0.1) is 6.92 Å². The van der Waals surface area contributed by atoms with E-state index in [0.29, 0.717) is 0 Å². The lowest BCUT2D eigenvalue weighted by atomic mass is 10.1. The van der Waals surface area contributed by atoms with Crippen LogP contribution in [0.3, 0.4) is 0 Å². The predicted octanol–water partition coefficient (Wildman–Crippen LogP) is 5.06. The third-order valence-corrected chi connectivity index (χ3v) is 4.44. The number of Topliss-reactive ketones (excluding diaryl/α,β-unsaturated/α-hetero) is 1. The molecule has 0 spiro atoms. The summed E-state index contributed by atoms with van der Waals surface area (Å²) in [4.78, 5) is 25.6. The van der Waals surface area contributed by atoms with Gasteiger partial charge in [-0.05, 0) is 31.2 Å². The molecule has 0 bridgehead atoms. The highest BCUT2D eigenvalue weighted by atomic mass is 19.4. The van der Waals surface area contributed by atoms with Crippen LogP contribution in [0.1, 0.15) is 31.8 Å². The van der Waals surface area contributed by atoms with E-state index in [1.54, 1.807) is 42.5 Å². The fraction of sp³-hybridized carbons (Fsp3) is 0.130. The van der Waals surface area contributed by atoms with E-state index in [4.69, 9.17) is 0 Å². The predicted molar refractivity (Wildman–Crippen MR) is 108 cm³/mol.